The number of hydrogen-bond donors (Lipinski definition) is 2. The summed E-state index contributed by atoms with van der Waals surface area (Å²) < 4.78 is 25.5. The molecule has 0 amide bonds. The fraction of sp³-hybridized carbons (Fsp3) is 1.00. The molecule has 1 rings (SSSR count). The van der Waals surface area contributed by atoms with E-state index in [1.807, 2.05) is 5.48 Å². The molecule has 5 nitrogen and oxygen atoms in total. The summed E-state index contributed by atoms with van der Waals surface area (Å²) in [6.45, 7) is 3.36. The largest absolute Gasteiger partial charge is 0.662 e. The third-order valence-corrected chi connectivity index (χ3v) is 2.15. The van der Waals surface area contributed by atoms with Gasteiger partial charge in [-0.05, 0) is 13.3 Å². The second kappa shape index (κ2) is 14.8. The number of aliphatic hydroxyl groups is 1. The van der Waals surface area contributed by atoms with E-state index in [-0.39, 0.29) is 47.1 Å². The summed E-state index contributed by atoms with van der Waals surface area (Å²) in [5.74, 6) is -2.88. The molecule has 19 heavy (non-hydrogen) atoms. The first-order valence-corrected chi connectivity index (χ1v) is 6.25. The monoisotopic (exact) mass is 453 g/mol. The number of hydroxylamine groups is 1. The molecule has 0 radical (unpaired) electrons. The maximum atomic E-state index is 12.7. The van der Waals surface area contributed by atoms with Crippen molar-refractivity contribution in [3.63, 3.8) is 0 Å². The predicted octanol–water partition coefficient (Wildman–Crippen LogP) is 2.02. The zero-order valence-electron chi connectivity index (χ0n) is 11.2. The van der Waals surface area contributed by atoms with Crippen LogP contribution in [0.1, 0.15) is 32.6 Å². The summed E-state index contributed by atoms with van der Waals surface area (Å²) >= 11 is 0. The number of halogens is 2. The van der Waals surface area contributed by atoms with Gasteiger partial charge in [0.15, 0.2) is 0 Å². The van der Waals surface area contributed by atoms with E-state index in [4.69, 9.17) is 5.11 Å². The number of aliphatic hydroxyl groups excluding tert-OH is 1. The van der Waals surface area contributed by atoms with Crippen LogP contribution in [0.5, 0.6) is 0 Å². The number of hydrogen-bond acceptors (Lipinski definition) is 4. The molecule has 116 valence electrons. The minimum atomic E-state index is -2.88. The van der Waals surface area contributed by atoms with E-state index in [1.54, 1.807) is 6.92 Å². The summed E-state index contributed by atoms with van der Waals surface area (Å²) in [4.78, 5) is 8.55. The Hall–Kier alpha value is 0.348. The minimum absolute atomic E-state index is 0. The standard InChI is InChI=1S/C7H15F2NO3.C4H8N.W/c1-2-12-13-10-6-7(8,9)4-3-5-11;1-2-4-5-3-1;/h10-11H,2-6H2,1H3;1-4H2;/q;-1;. The summed E-state index contributed by atoms with van der Waals surface area (Å²) in [7, 11) is 0. The number of alkyl halides is 2. The fourth-order valence-electron chi connectivity index (χ4n) is 1.22. The van der Waals surface area contributed by atoms with Gasteiger partial charge in [-0.2, -0.15) is 5.48 Å². The van der Waals surface area contributed by atoms with Crippen LogP contribution >= 0.6 is 0 Å². The average molecular weight is 453 g/mol. The quantitative estimate of drug-likeness (QED) is 0.336. The van der Waals surface area contributed by atoms with Crippen molar-refractivity contribution in [2.45, 2.75) is 38.5 Å². The molecule has 0 unspecified atom stereocenters. The van der Waals surface area contributed by atoms with Gasteiger partial charge in [-0.3, -0.25) is 0 Å². The Bertz CT molecular complexity index is 180. The van der Waals surface area contributed by atoms with Gasteiger partial charge in [-0.25, -0.2) is 13.7 Å². The third kappa shape index (κ3) is 16.3. The van der Waals surface area contributed by atoms with Gasteiger partial charge in [-0.1, -0.05) is 12.8 Å². The van der Waals surface area contributed by atoms with Gasteiger partial charge in [-0.15, -0.1) is 18.1 Å². The molecule has 1 aliphatic heterocycles. The Morgan fingerprint density at radius 1 is 1.32 bits per heavy atom. The first kappa shape index (κ1) is 21.6. The van der Waals surface area contributed by atoms with Crippen LogP contribution in [0.15, 0.2) is 0 Å². The first-order valence-electron chi connectivity index (χ1n) is 6.25. The van der Waals surface area contributed by atoms with Crippen LogP contribution in [0.25, 0.3) is 5.32 Å². The van der Waals surface area contributed by atoms with Crippen molar-refractivity contribution in [2.24, 2.45) is 0 Å². The van der Waals surface area contributed by atoms with Crippen molar-refractivity contribution in [3.05, 3.63) is 5.32 Å². The van der Waals surface area contributed by atoms with Gasteiger partial charge in [0.25, 0.3) is 5.92 Å². The van der Waals surface area contributed by atoms with Crippen molar-refractivity contribution in [3.8, 4) is 0 Å². The first-order chi connectivity index (χ1) is 8.62. The van der Waals surface area contributed by atoms with Gasteiger partial charge in [0, 0.05) is 34.1 Å². The molecule has 0 aliphatic carbocycles. The molecule has 2 N–H and O–H groups in total. The molecule has 8 heteroatoms. The molecule has 0 atom stereocenters. The molecular formula is C11H23F2N2O3W-. The minimum Gasteiger partial charge on any atom is -0.662 e. The van der Waals surface area contributed by atoms with Crippen LogP contribution in [0, 0.1) is 0 Å². The Kier molecular flexibility index (Phi) is 16.8. The number of rotatable bonds is 8. The maximum absolute atomic E-state index is 12.7. The van der Waals surface area contributed by atoms with Crippen LogP contribution in [-0.2, 0) is 30.9 Å². The van der Waals surface area contributed by atoms with Gasteiger partial charge in [0.1, 0.15) is 0 Å². The predicted molar refractivity (Wildman–Crippen MR) is 64.3 cm³/mol. The van der Waals surface area contributed by atoms with Gasteiger partial charge in [0.05, 0.1) is 13.2 Å². The van der Waals surface area contributed by atoms with Gasteiger partial charge in [0.2, 0.25) is 0 Å². The fourth-order valence-corrected chi connectivity index (χ4v) is 1.22. The molecular weight excluding hydrogens is 430 g/mol. The zero-order valence-corrected chi connectivity index (χ0v) is 14.2. The van der Waals surface area contributed by atoms with Crippen molar-refractivity contribution >= 4 is 0 Å². The van der Waals surface area contributed by atoms with E-state index in [0.717, 1.165) is 13.1 Å². The SMILES string of the molecule is C1CC[N-]C1.CCOONCC(F)(F)CCCO.[W]. The smallest absolute Gasteiger partial charge is 0.262 e. The van der Waals surface area contributed by atoms with Crippen molar-refractivity contribution in [1.82, 2.24) is 5.48 Å². The van der Waals surface area contributed by atoms with Crippen LogP contribution in [0.3, 0.4) is 0 Å². The van der Waals surface area contributed by atoms with Gasteiger partial charge < -0.3 is 10.4 Å². The van der Waals surface area contributed by atoms with Crippen molar-refractivity contribution in [2.75, 3.05) is 32.8 Å². The topological polar surface area (TPSA) is 64.8 Å². The molecule has 0 spiro atoms. The summed E-state index contributed by atoms with van der Waals surface area (Å²) in [5, 5.41) is 12.4. The summed E-state index contributed by atoms with van der Waals surface area (Å²) in [5.41, 5.74) is 1.98. The maximum Gasteiger partial charge on any atom is 0.262 e. The molecule has 1 aliphatic rings. The van der Waals surface area contributed by atoms with Crippen LogP contribution in [0.4, 0.5) is 8.78 Å². The Morgan fingerprint density at radius 2 is 1.95 bits per heavy atom. The van der Waals surface area contributed by atoms with Gasteiger partial charge >= 0.3 is 0 Å². The van der Waals surface area contributed by atoms with E-state index in [1.165, 1.54) is 12.8 Å². The summed E-state index contributed by atoms with van der Waals surface area (Å²) in [6.07, 6.45) is 2.37. The molecule has 0 aromatic rings. The summed E-state index contributed by atoms with van der Waals surface area (Å²) in [6, 6.07) is 0. The van der Waals surface area contributed by atoms with E-state index in [0.29, 0.717) is 0 Å². The normalized spacial score (nSPS) is 14.5. The van der Waals surface area contributed by atoms with Crippen LogP contribution < -0.4 is 5.48 Å². The van der Waals surface area contributed by atoms with Crippen LogP contribution in [-0.4, -0.2) is 43.9 Å². The molecule has 0 saturated carbocycles. The molecule has 0 aromatic heterocycles. The number of nitrogens with zero attached hydrogens (tertiary/aromatic N) is 1. The molecule has 1 heterocycles. The average Bonchev–Trinajstić information content (AvgIpc) is 2.91. The molecule has 1 saturated heterocycles. The molecule has 1 fully saturated rings. The number of nitrogens with one attached hydrogen (secondary N) is 1. The third-order valence-electron chi connectivity index (χ3n) is 2.15. The Balaban J connectivity index is 0. The van der Waals surface area contributed by atoms with Crippen molar-refractivity contribution < 1.29 is 44.8 Å². The van der Waals surface area contributed by atoms with Crippen LogP contribution in [0.2, 0.25) is 0 Å². The Labute approximate surface area is 127 Å². The van der Waals surface area contributed by atoms with Crippen molar-refractivity contribution in [1.29, 1.82) is 0 Å². The van der Waals surface area contributed by atoms with E-state index < -0.39 is 12.5 Å². The molecule has 0 bridgehead atoms. The van der Waals surface area contributed by atoms with E-state index in [9.17, 15) is 8.78 Å². The Morgan fingerprint density at radius 3 is 2.37 bits per heavy atom. The molecule has 0 aromatic carbocycles. The zero-order chi connectivity index (χ0) is 13.7. The second-order valence-electron chi connectivity index (χ2n) is 3.87. The second-order valence-corrected chi connectivity index (χ2v) is 3.87. The van der Waals surface area contributed by atoms with E-state index in [2.05, 4.69) is 15.2 Å². The van der Waals surface area contributed by atoms with E-state index >= 15 is 0 Å².